The Hall–Kier alpha value is -4.04. The molecular weight excluding hydrogens is 476 g/mol. The highest BCUT2D eigenvalue weighted by Crippen LogP contribution is 2.33. The second-order valence-electron chi connectivity index (χ2n) is 7.93. The van der Waals surface area contributed by atoms with Crippen LogP contribution in [0.25, 0.3) is 6.08 Å². The van der Waals surface area contributed by atoms with Gasteiger partial charge in [-0.25, -0.2) is 9.79 Å². The van der Waals surface area contributed by atoms with E-state index in [0.717, 1.165) is 23.2 Å². The van der Waals surface area contributed by atoms with Gasteiger partial charge in [0.1, 0.15) is 6.61 Å². The normalized spacial score (nSPS) is 15.2. The number of thioether (sulfide) groups is 1. The summed E-state index contributed by atoms with van der Waals surface area (Å²) in [5.74, 6) is -0.0547. The van der Waals surface area contributed by atoms with Crippen molar-refractivity contribution in [1.82, 2.24) is 5.32 Å². The van der Waals surface area contributed by atoms with Crippen LogP contribution in [0.5, 0.6) is 11.5 Å². The Labute approximate surface area is 213 Å². The predicted octanol–water partition coefficient (Wildman–Crippen LogP) is 5.82. The third-order valence-electron chi connectivity index (χ3n) is 5.39. The summed E-state index contributed by atoms with van der Waals surface area (Å²) >= 11 is 1.29. The summed E-state index contributed by atoms with van der Waals surface area (Å²) in [5, 5.41) is 12.4. The van der Waals surface area contributed by atoms with Gasteiger partial charge in [0.25, 0.3) is 5.91 Å². The fraction of sp³-hybridized carbons (Fsp3) is 0.179. The molecule has 7 nitrogen and oxygen atoms in total. The Bertz CT molecular complexity index is 1310. The van der Waals surface area contributed by atoms with Crippen LogP contribution in [-0.4, -0.2) is 28.8 Å². The lowest BCUT2D eigenvalue weighted by Crippen LogP contribution is -2.19. The van der Waals surface area contributed by atoms with Gasteiger partial charge in [-0.3, -0.25) is 4.79 Å². The van der Waals surface area contributed by atoms with Gasteiger partial charge in [-0.2, -0.15) is 0 Å². The van der Waals surface area contributed by atoms with Crippen molar-refractivity contribution in [2.45, 2.75) is 26.9 Å². The third kappa shape index (κ3) is 6.34. The number of nitrogens with one attached hydrogen (secondary N) is 1. The van der Waals surface area contributed by atoms with E-state index in [4.69, 9.17) is 14.6 Å². The van der Waals surface area contributed by atoms with Gasteiger partial charge in [0, 0.05) is 0 Å². The molecule has 1 saturated heterocycles. The lowest BCUT2D eigenvalue weighted by Gasteiger charge is -2.13. The molecule has 0 radical (unpaired) electrons. The van der Waals surface area contributed by atoms with Gasteiger partial charge < -0.3 is 19.9 Å². The number of nitrogens with zero attached hydrogens (tertiary/aromatic N) is 1. The van der Waals surface area contributed by atoms with E-state index in [-0.39, 0.29) is 18.1 Å². The molecule has 0 bridgehead atoms. The number of carboxylic acids is 1. The van der Waals surface area contributed by atoms with E-state index in [1.54, 1.807) is 36.4 Å². The fourth-order valence-electron chi connectivity index (χ4n) is 3.46. The van der Waals surface area contributed by atoms with Crippen LogP contribution in [0, 0.1) is 0 Å². The Morgan fingerprint density at radius 2 is 1.69 bits per heavy atom. The Balaban J connectivity index is 1.47. The quantitative estimate of drug-likeness (QED) is 0.358. The molecular formula is C28H26N2O5S. The highest BCUT2D eigenvalue weighted by Gasteiger charge is 2.24. The van der Waals surface area contributed by atoms with Crippen LogP contribution in [0.4, 0.5) is 5.69 Å². The summed E-state index contributed by atoms with van der Waals surface area (Å²) in [4.78, 5) is 28.6. The smallest absolute Gasteiger partial charge is 0.335 e. The van der Waals surface area contributed by atoms with Crippen LogP contribution >= 0.6 is 11.8 Å². The molecule has 1 heterocycles. The van der Waals surface area contributed by atoms with E-state index >= 15 is 0 Å². The minimum Gasteiger partial charge on any atom is -0.490 e. The van der Waals surface area contributed by atoms with Crippen molar-refractivity contribution in [1.29, 1.82) is 0 Å². The van der Waals surface area contributed by atoms with Crippen LogP contribution in [-0.2, 0) is 17.8 Å². The van der Waals surface area contributed by atoms with Crippen molar-refractivity contribution in [3.05, 3.63) is 93.9 Å². The Morgan fingerprint density at radius 1 is 0.972 bits per heavy atom. The first-order chi connectivity index (χ1) is 17.4. The maximum absolute atomic E-state index is 12.5. The van der Waals surface area contributed by atoms with Crippen LogP contribution < -0.4 is 14.8 Å². The van der Waals surface area contributed by atoms with Crippen molar-refractivity contribution in [2.75, 3.05) is 6.61 Å². The number of benzene rings is 3. The first-order valence-electron chi connectivity index (χ1n) is 11.6. The minimum absolute atomic E-state index is 0.202. The molecule has 184 valence electrons. The van der Waals surface area contributed by atoms with Crippen LogP contribution in [0.2, 0.25) is 0 Å². The SMILES string of the molecule is CCOc1cc(/C=C2/SC(=Nc3ccc(CC)cc3)NC2=O)ccc1OCc1ccc(C(=O)O)cc1. The number of hydrogen-bond acceptors (Lipinski definition) is 6. The largest absolute Gasteiger partial charge is 0.490 e. The number of hydrogen-bond donors (Lipinski definition) is 2. The van der Waals surface area contributed by atoms with Crippen molar-refractivity contribution < 1.29 is 24.2 Å². The molecule has 2 N–H and O–H groups in total. The number of amides is 1. The number of aromatic carboxylic acids is 1. The Kier molecular flexibility index (Phi) is 8.07. The lowest BCUT2D eigenvalue weighted by atomic mass is 10.1. The maximum Gasteiger partial charge on any atom is 0.335 e. The highest BCUT2D eigenvalue weighted by molar-refractivity contribution is 8.18. The monoisotopic (exact) mass is 502 g/mol. The maximum atomic E-state index is 12.5. The van der Waals surface area contributed by atoms with Crippen LogP contribution in [0.3, 0.4) is 0 Å². The van der Waals surface area contributed by atoms with E-state index < -0.39 is 5.97 Å². The molecule has 1 amide bonds. The molecule has 1 fully saturated rings. The fourth-order valence-corrected chi connectivity index (χ4v) is 4.30. The topological polar surface area (TPSA) is 97.2 Å². The summed E-state index contributed by atoms with van der Waals surface area (Å²) in [6.07, 6.45) is 2.75. The van der Waals surface area contributed by atoms with Crippen molar-refractivity contribution in [2.24, 2.45) is 4.99 Å². The number of carbonyl (C=O) groups is 2. The number of ether oxygens (including phenoxy) is 2. The molecule has 8 heteroatoms. The number of aryl methyl sites for hydroxylation is 1. The zero-order chi connectivity index (χ0) is 25.5. The average molecular weight is 503 g/mol. The minimum atomic E-state index is -0.969. The summed E-state index contributed by atoms with van der Waals surface area (Å²) in [7, 11) is 0. The van der Waals surface area contributed by atoms with Gasteiger partial charge in [0.2, 0.25) is 0 Å². The first kappa shape index (κ1) is 25.1. The van der Waals surface area contributed by atoms with E-state index in [1.807, 2.05) is 43.3 Å². The number of rotatable bonds is 9. The van der Waals surface area contributed by atoms with Gasteiger partial charge >= 0.3 is 5.97 Å². The summed E-state index contributed by atoms with van der Waals surface area (Å²) < 4.78 is 11.7. The van der Waals surface area contributed by atoms with Crippen molar-refractivity contribution in [3.8, 4) is 11.5 Å². The number of amidine groups is 1. The molecule has 0 saturated carbocycles. The standard InChI is InChI=1S/C28H26N2O5S/c1-3-18-7-12-22(13-8-18)29-28-30-26(31)25(36-28)16-20-9-14-23(24(15-20)34-4-2)35-17-19-5-10-21(11-6-19)27(32)33/h5-16H,3-4,17H2,1-2H3,(H,32,33)(H,29,30,31)/b25-16+. The average Bonchev–Trinajstić information content (AvgIpc) is 3.22. The van der Waals surface area contributed by atoms with Crippen LogP contribution in [0.1, 0.15) is 40.9 Å². The zero-order valence-corrected chi connectivity index (χ0v) is 20.8. The molecule has 4 rings (SSSR count). The Morgan fingerprint density at radius 3 is 2.36 bits per heavy atom. The molecule has 0 atom stereocenters. The number of carboxylic acid groups (broad SMARTS) is 1. The highest BCUT2D eigenvalue weighted by atomic mass is 32.2. The molecule has 0 aliphatic carbocycles. The van der Waals surface area contributed by atoms with E-state index in [2.05, 4.69) is 17.2 Å². The van der Waals surface area contributed by atoms with E-state index in [0.29, 0.717) is 28.2 Å². The third-order valence-corrected chi connectivity index (χ3v) is 6.30. The molecule has 0 aromatic heterocycles. The van der Waals surface area contributed by atoms with Gasteiger partial charge in [0.05, 0.1) is 22.8 Å². The van der Waals surface area contributed by atoms with Gasteiger partial charge in [0.15, 0.2) is 16.7 Å². The van der Waals surface area contributed by atoms with Gasteiger partial charge in [-0.05, 0) is 84.3 Å². The second kappa shape index (κ2) is 11.6. The molecule has 1 aliphatic rings. The number of aliphatic imine (C=N–C) groups is 1. The molecule has 3 aromatic carbocycles. The van der Waals surface area contributed by atoms with Gasteiger partial charge in [-0.15, -0.1) is 0 Å². The van der Waals surface area contributed by atoms with Gasteiger partial charge in [-0.1, -0.05) is 37.3 Å². The van der Waals surface area contributed by atoms with E-state index in [1.165, 1.54) is 17.3 Å². The lowest BCUT2D eigenvalue weighted by molar-refractivity contribution is -0.115. The molecule has 36 heavy (non-hydrogen) atoms. The predicted molar refractivity (Wildman–Crippen MR) is 142 cm³/mol. The van der Waals surface area contributed by atoms with Crippen LogP contribution in [0.15, 0.2) is 76.6 Å². The van der Waals surface area contributed by atoms with Crippen molar-refractivity contribution in [3.63, 3.8) is 0 Å². The number of carbonyl (C=O) groups excluding carboxylic acids is 1. The summed E-state index contributed by atoms with van der Waals surface area (Å²) in [5.41, 5.74) is 3.87. The van der Waals surface area contributed by atoms with Crippen molar-refractivity contribution >= 4 is 40.6 Å². The zero-order valence-electron chi connectivity index (χ0n) is 20.0. The second-order valence-corrected chi connectivity index (χ2v) is 8.96. The van der Waals surface area contributed by atoms with E-state index in [9.17, 15) is 9.59 Å². The molecule has 1 aliphatic heterocycles. The first-order valence-corrected chi connectivity index (χ1v) is 12.4. The molecule has 0 spiro atoms. The summed E-state index contributed by atoms with van der Waals surface area (Å²) in [6.45, 7) is 4.70. The molecule has 3 aromatic rings. The summed E-state index contributed by atoms with van der Waals surface area (Å²) in [6, 6.07) is 19.9. The molecule has 0 unspecified atom stereocenters.